The Hall–Kier alpha value is -2.01. The average molecular weight is 435 g/mol. The van der Waals surface area contributed by atoms with E-state index < -0.39 is 0 Å². The number of rotatable bonds is 5. The fourth-order valence-electron chi connectivity index (χ4n) is 2.49. The number of nitrogens with one attached hydrogen (secondary N) is 1. The van der Waals surface area contributed by atoms with Crippen molar-refractivity contribution in [3.05, 3.63) is 44.3 Å². The standard InChI is InChI=1S/C17H14N4O2S4/c1-9-6-26-16(18-9)19-12(22)8-27-17-20-14-13(15(23)21(17)2)10(7-25-14)11-4-3-5-24-11/h3-7H,8H2,1-2H3,(H,18,19,22). The molecule has 138 valence electrons. The van der Waals surface area contributed by atoms with Crippen LogP contribution in [0.2, 0.25) is 0 Å². The minimum atomic E-state index is -0.172. The smallest absolute Gasteiger partial charge is 0.263 e. The summed E-state index contributed by atoms with van der Waals surface area (Å²) in [5.41, 5.74) is 1.70. The molecule has 0 aromatic carbocycles. The van der Waals surface area contributed by atoms with Gasteiger partial charge in [0.1, 0.15) is 4.83 Å². The number of anilines is 1. The van der Waals surface area contributed by atoms with Crippen molar-refractivity contribution < 1.29 is 4.79 Å². The van der Waals surface area contributed by atoms with Crippen molar-refractivity contribution in [2.75, 3.05) is 11.1 Å². The first-order chi connectivity index (χ1) is 13.0. The number of hydrogen-bond acceptors (Lipinski definition) is 8. The average Bonchev–Trinajstić information content (AvgIpc) is 3.37. The van der Waals surface area contributed by atoms with E-state index >= 15 is 0 Å². The Kier molecular flexibility index (Phi) is 5.13. The number of amides is 1. The highest BCUT2D eigenvalue weighted by molar-refractivity contribution is 7.99. The summed E-state index contributed by atoms with van der Waals surface area (Å²) in [5.74, 6) is -0.0118. The third-order valence-electron chi connectivity index (χ3n) is 3.76. The van der Waals surface area contributed by atoms with Gasteiger partial charge in [-0.15, -0.1) is 34.0 Å². The highest BCUT2D eigenvalue weighted by Crippen LogP contribution is 2.34. The van der Waals surface area contributed by atoms with Gasteiger partial charge < -0.3 is 5.32 Å². The minimum absolute atomic E-state index is 0.0943. The molecule has 0 fully saturated rings. The summed E-state index contributed by atoms with van der Waals surface area (Å²) >= 11 is 5.68. The van der Waals surface area contributed by atoms with E-state index in [1.807, 2.05) is 35.2 Å². The van der Waals surface area contributed by atoms with Gasteiger partial charge in [-0.05, 0) is 18.4 Å². The van der Waals surface area contributed by atoms with Crippen LogP contribution in [0.15, 0.2) is 38.2 Å². The van der Waals surface area contributed by atoms with Gasteiger partial charge in [0, 0.05) is 28.2 Å². The van der Waals surface area contributed by atoms with Crippen molar-refractivity contribution in [3.63, 3.8) is 0 Å². The van der Waals surface area contributed by atoms with E-state index in [2.05, 4.69) is 15.3 Å². The van der Waals surface area contributed by atoms with Crippen molar-refractivity contribution in [2.45, 2.75) is 12.1 Å². The predicted octanol–water partition coefficient (Wildman–Crippen LogP) is 4.22. The maximum atomic E-state index is 12.9. The van der Waals surface area contributed by atoms with Gasteiger partial charge >= 0.3 is 0 Å². The molecule has 0 spiro atoms. The van der Waals surface area contributed by atoms with Crippen LogP contribution in [0.4, 0.5) is 5.13 Å². The highest BCUT2D eigenvalue weighted by atomic mass is 32.2. The zero-order chi connectivity index (χ0) is 19.0. The third-order valence-corrected chi connectivity index (χ3v) is 7.44. The molecule has 0 aliphatic carbocycles. The predicted molar refractivity (Wildman–Crippen MR) is 114 cm³/mol. The Morgan fingerprint density at radius 2 is 2.11 bits per heavy atom. The molecule has 4 heterocycles. The number of carbonyl (C=O) groups excluding carboxylic acids is 1. The van der Waals surface area contributed by atoms with Crippen LogP contribution in [0.25, 0.3) is 20.7 Å². The number of aryl methyl sites for hydroxylation is 1. The van der Waals surface area contributed by atoms with Gasteiger partial charge in [-0.3, -0.25) is 14.2 Å². The Bertz CT molecular complexity index is 1170. The summed E-state index contributed by atoms with van der Waals surface area (Å²) in [7, 11) is 1.69. The minimum Gasteiger partial charge on any atom is -0.301 e. The number of fused-ring (bicyclic) bond motifs is 1. The molecule has 0 aliphatic heterocycles. The molecule has 27 heavy (non-hydrogen) atoms. The Morgan fingerprint density at radius 3 is 2.81 bits per heavy atom. The fourth-order valence-corrected chi connectivity index (χ4v) is 5.77. The first kappa shape index (κ1) is 18.4. The van der Waals surface area contributed by atoms with Crippen molar-refractivity contribution in [2.24, 2.45) is 7.05 Å². The van der Waals surface area contributed by atoms with E-state index in [4.69, 9.17) is 0 Å². The molecule has 0 radical (unpaired) electrons. The summed E-state index contributed by atoms with van der Waals surface area (Å²) in [5, 5.41) is 10.3. The Morgan fingerprint density at radius 1 is 1.26 bits per heavy atom. The second-order valence-electron chi connectivity index (χ2n) is 5.70. The Balaban J connectivity index is 1.57. The maximum absolute atomic E-state index is 12.9. The molecule has 0 aliphatic rings. The molecule has 10 heteroatoms. The summed E-state index contributed by atoms with van der Waals surface area (Å²) in [6.07, 6.45) is 0. The summed E-state index contributed by atoms with van der Waals surface area (Å²) < 4.78 is 1.51. The molecule has 1 amide bonds. The van der Waals surface area contributed by atoms with Gasteiger partial charge in [0.2, 0.25) is 5.91 Å². The van der Waals surface area contributed by atoms with Gasteiger partial charge in [0.25, 0.3) is 5.56 Å². The number of thioether (sulfide) groups is 1. The normalized spacial score (nSPS) is 11.2. The van der Waals surface area contributed by atoms with E-state index in [0.29, 0.717) is 20.5 Å². The molecule has 1 N–H and O–H groups in total. The van der Waals surface area contributed by atoms with E-state index in [0.717, 1.165) is 16.1 Å². The molecule has 0 saturated heterocycles. The lowest BCUT2D eigenvalue weighted by molar-refractivity contribution is -0.113. The van der Waals surface area contributed by atoms with E-state index in [1.54, 1.807) is 18.4 Å². The summed E-state index contributed by atoms with van der Waals surface area (Å²) in [6.45, 7) is 1.88. The first-order valence-corrected chi connectivity index (χ1v) is 11.5. The van der Waals surface area contributed by atoms with E-state index in [9.17, 15) is 9.59 Å². The van der Waals surface area contributed by atoms with Crippen molar-refractivity contribution in [1.29, 1.82) is 0 Å². The third kappa shape index (κ3) is 3.70. The highest BCUT2D eigenvalue weighted by Gasteiger charge is 2.17. The quantitative estimate of drug-likeness (QED) is 0.376. The van der Waals surface area contributed by atoms with Crippen LogP contribution < -0.4 is 10.9 Å². The molecular formula is C17H14N4O2S4. The molecule has 0 bridgehead atoms. The van der Waals surface area contributed by atoms with E-state index in [1.165, 1.54) is 39.0 Å². The fraction of sp³-hybridized carbons (Fsp3) is 0.176. The molecule has 6 nitrogen and oxygen atoms in total. The number of hydrogen-bond donors (Lipinski definition) is 1. The van der Waals surface area contributed by atoms with Crippen LogP contribution >= 0.6 is 45.8 Å². The summed E-state index contributed by atoms with van der Waals surface area (Å²) in [6, 6.07) is 3.97. The zero-order valence-corrected chi connectivity index (χ0v) is 17.7. The van der Waals surface area contributed by atoms with Crippen molar-refractivity contribution >= 4 is 67.0 Å². The second-order valence-corrected chi connectivity index (χ2v) is 9.30. The lowest BCUT2D eigenvalue weighted by atomic mass is 10.2. The van der Waals surface area contributed by atoms with Gasteiger partial charge in [-0.25, -0.2) is 9.97 Å². The molecular weight excluding hydrogens is 420 g/mol. The molecule has 4 rings (SSSR count). The molecule has 4 aromatic heterocycles. The summed E-state index contributed by atoms with van der Waals surface area (Å²) in [4.78, 5) is 35.6. The van der Waals surface area contributed by atoms with Crippen LogP contribution in [0.3, 0.4) is 0 Å². The van der Waals surface area contributed by atoms with Crippen molar-refractivity contribution in [1.82, 2.24) is 14.5 Å². The van der Waals surface area contributed by atoms with Gasteiger partial charge in [0.05, 0.1) is 16.8 Å². The van der Waals surface area contributed by atoms with Crippen LogP contribution in [-0.2, 0) is 11.8 Å². The second kappa shape index (κ2) is 7.55. The Labute approximate surface area is 170 Å². The number of nitrogens with zero attached hydrogens (tertiary/aromatic N) is 3. The molecule has 0 saturated carbocycles. The van der Waals surface area contributed by atoms with Gasteiger partial charge in [-0.1, -0.05) is 17.8 Å². The molecule has 0 unspecified atom stereocenters. The first-order valence-electron chi connectivity index (χ1n) is 7.90. The molecule has 0 atom stereocenters. The van der Waals surface area contributed by atoms with Gasteiger partial charge in [-0.2, -0.15) is 0 Å². The van der Waals surface area contributed by atoms with Crippen LogP contribution in [0.1, 0.15) is 5.69 Å². The molecule has 4 aromatic rings. The van der Waals surface area contributed by atoms with Gasteiger partial charge in [0.15, 0.2) is 10.3 Å². The topological polar surface area (TPSA) is 76.9 Å². The lowest BCUT2D eigenvalue weighted by Gasteiger charge is -2.07. The van der Waals surface area contributed by atoms with Crippen LogP contribution in [0, 0.1) is 6.92 Å². The van der Waals surface area contributed by atoms with E-state index in [-0.39, 0.29) is 17.2 Å². The number of thiophene rings is 2. The monoisotopic (exact) mass is 434 g/mol. The van der Waals surface area contributed by atoms with Crippen molar-refractivity contribution in [3.8, 4) is 10.4 Å². The zero-order valence-electron chi connectivity index (χ0n) is 14.4. The van der Waals surface area contributed by atoms with Crippen LogP contribution in [0.5, 0.6) is 0 Å². The SMILES string of the molecule is Cc1csc(NC(=O)CSc2nc3scc(-c4cccs4)c3c(=O)n2C)n1. The number of carbonyl (C=O) groups is 1. The lowest BCUT2D eigenvalue weighted by Crippen LogP contribution is -2.21. The number of thiazole rings is 1. The maximum Gasteiger partial charge on any atom is 0.263 e. The van der Waals surface area contributed by atoms with Crippen LogP contribution in [-0.4, -0.2) is 26.2 Å². The largest absolute Gasteiger partial charge is 0.301 e. The number of aromatic nitrogens is 3.